The molecule has 0 bridgehead atoms. The van der Waals surface area contributed by atoms with Gasteiger partial charge in [-0.3, -0.25) is 0 Å². The van der Waals surface area contributed by atoms with Gasteiger partial charge in [0.2, 0.25) is 0 Å². The highest BCUT2D eigenvalue weighted by Gasteiger charge is 2.01. The van der Waals surface area contributed by atoms with Crippen molar-refractivity contribution in [3.05, 3.63) is 29.9 Å². The summed E-state index contributed by atoms with van der Waals surface area (Å²) in [7, 11) is 0. The molecule has 5 nitrogen and oxygen atoms in total. The van der Waals surface area contributed by atoms with Gasteiger partial charge in [-0.05, 0) is 10.9 Å². The van der Waals surface area contributed by atoms with Crippen LogP contribution in [-0.4, -0.2) is 15.3 Å². The van der Waals surface area contributed by atoms with Crippen LogP contribution >= 0.6 is 0 Å². The Morgan fingerprint density at radius 2 is 2.09 bits per heavy atom. The average molecular weight is 148 g/mol. The summed E-state index contributed by atoms with van der Waals surface area (Å²) in [6.45, 7) is 0. The normalized spacial score (nSPS) is 10.2. The van der Waals surface area contributed by atoms with E-state index in [2.05, 4.69) is 15.3 Å². The predicted octanol–water partition coefficient (Wildman–Crippen LogP) is -0.342. The lowest BCUT2D eigenvalue weighted by Gasteiger charge is -1.94. The molecule has 54 valence electrons. The second kappa shape index (κ2) is 2.12. The van der Waals surface area contributed by atoms with E-state index in [1.807, 2.05) is 0 Å². The number of aromatic nitrogens is 4. The van der Waals surface area contributed by atoms with Crippen LogP contribution in [0.25, 0.3) is 10.9 Å². The van der Waals surface area contributed by atoms with Gasteiger partial charge in [0.25, 0.3) is 5.52 Å². The van der Waals surface area contributed by atoms with E-state index >= 15 is 0 Å². The molecular formula is C6H4N4O. The van der Waals surface area contributed by atoms with Crippen LogP contribution in [-0.2, 0) is 0 Å². The number of hydrogen-bond donors (Lipinski definition) is 0. The van der Waals surface area contributed by atoms with Gasteiger partial charge in [-0.25, -0.2) is 0 Å². The van der Waals surface area contributed by atoms with Gasteiger partial charge in [-0.2, -0.15) is 10.2 Å². The first-order valence-corrected chi connectivity index (χ1v) is 3.03. The van der Waals surface area contributed by atoms with Crippen LogP contribution in [0, 0.1) is 5.21 Å². The maximum absolute atomic E-state index is 10.9. The highest BCUT2D eigenvalue weighted by molar-refractivity contribution is 5.72. The quantitative estimate of drug-likeness (QED) is 0.378. The molecule has 0 atom stereocenters. The minimum atomic E-state index is 0.433. The molecule has 0 aromatic carbocycles. The fourth-order valence-corrected chi connectivity index (χ4v) is 0.849. The van der Waals surface area contributed by atoms with E-state index in [0.29, 0.717) is 10.4 Å². The van der Waals surface area contributed by atoms with E-state index in [-0.39, 0.29) is 0 Å². The van der Waals surface area contributed by atoms with Crippen molar-refractivity contribution in [3.8, 4) is 0 Å². The summed E-state index contributed by atoms with van der Waals surface area (Å²) in [5, 5.41) is 22.3. The Morgan fingerprint density at radius 3 is 2.91 bits per heavy atom. The predicted molar refractivity (Wildman–Crippen MR) is 36.3 cm³/mol. The first-order chi connectivity index (χ1) is 5.38. The molecular weight excluding hydrogens is 144 g/mol. The third-order valence-corrected chi connectivity index (χ3v) is 1.37. The number of rotatable bonds is 0. The zero-order chi connectivity index (χ0) is 7.68. The maximum atomic E-state index is 10.9. The summed E-state index contributed by atoms with van der Waals surface area (Å²) in [4.78, 5) is 0.518. The van der Waals surface area contributed by atoms with Crippen molar-refractivity contribution in [2.45, 2.75) is 0 Å². The Bertz CT molecular complexity index is 384. The van der Waals surface area contributed by atoms with Crippen LogP contribution in [0.1, 0.15) is 0 Å². The van der Waals surface area contributed by atoms with Gasteiger partial charge in [-0.1, -0.05) is 0 Å². The Morgan fingerprint density at radius 1 is 1.27 bits per heavy atom. The highest BCUT2D eigenvalue weighted by Crippen LogP contribution is 2.01. The van der Waals surface area contributed by atoms with Gasteiger partial charge >= 0.3 is 0 Å². The molecule has 0 radical (unpaired) electrons. The molecule has 11 heavy (non-hydrogen) atoms. The lowest BCUT2D eigenvalue weighted by molar-refractivity contribution is -0.642. The molecule has 0 spiro atoms. The zero-order valence-electron chi connectivity index (χ0n) is 5.51. The molecule has 5 heteroatoms. The third kappa shape index (κ3) is 0.861. The van der Waals surface area contributed by atoms with E-state index < -0.39 is 0 Å². The van der Waals surface area contributed by atoms with Crippen molar-refractivity contribution < 1.29 is 4.85 Å². The molecule has 0 aliphatic carbocycles. The average Bonchev–Trinajstić information content (AvgIpc) is 2.06. The molecule has 0 aliphatic rings. The Kier molecular flexibility index (Phi) is 1.15. The number of hydrogen-bond acceptors (Lipinski definition) is 4. The number of nitrogens with zero attached hydrogens (tertiary/aromatic N) is 4. The fourth-order valence-electron chi connectivity index (χ4n) is 0.849. The molecule has 0 N–H and O–H groups in total. The van der Waals surface area contributed by atoms with E-state index in [1.54, 1.807) is 6.07 Å². The van der Waals surface area contributed by atoms with E-state index in [0.717, 1.165) is 5.39 Å². The van der Waals surface area contributed by atoms with Gasteiger partial charge in [0.1, 0.15) is 6.20 Å². The summed E-state index contributed by atoms with van der Waals surface area (Å²) < 4.78 is 0. The monoisotopic (exact) mass is 148 g/mol. The van der Waals surface area contributed by atoms with Crippen LogP contribution in [0.5, 0.6) is 0 Å². The topological polar surface area (TPSA) is 65.6 Å². The summed E-state index contributed by atoms with van der Waals surface area (Å²) in [6, 6.07) is 1.71. The SMILES string of the molecule is [O-][n+]1nccc2cnncc21. The number of fused-ring (bicyclic) bond motifs is 1. The Labute approximate surface area is 61.9 Å². The van der Waals surface area contributed by atoms with Gasteiger partial charge in [0.05, 0.1) is 17.8 Å². The summed E-state index contributed by atoms with van der Waals surface area (Å²) in [5.74, 6) is 0. The molecule has 0 amide bonds. The first-order valence-electron chi connectivity index (χ1n) is 3.03. The molecule has 0 saturated carbocycles. The standard InChI is InChI=1S/C6H4N4O/c11-10-6-4-8-7-3-5(6)1-2-9-10/h1-4H. The first kappa shape index (κ1) is 5.96. The summed E-state index contributed by atoms with van der Waals surface area (Å²) in [5.41, 5.74) is 0.433. The minimum absolute atomic E-state index is 0.433. The minimum Gasteiger partial charge on any atom is -0.594 e. The summed E-state index contributed by atoms with van der Waals surface area (Å²) in [6.07, 6.45) is 4.33. The van der Waals surface area contributed by atoms with Crippen LogP contribution < -0.4 is 4.85 Å². The molecule has 2 heterocycles. The molecule has 2 aromatic heterocycles. The third-order valence-electron chi connectivity index (χ3n) is 1.37. The van der Waals surface area contributed by atoms with Crippen LogP contribution in [0.4, 0.5) is 0 Å². The van der Waals surface area contributed by atoms with Crippen LogP contribution in [0.15, 0.2) is 24.7 Å². The van der Waals surface area contributed by atoms with Crippen molar-refractivity contribution in [1.29, 1.82) is 0 Å². The van der Waals surface area contributed by atoms with E-state index in [9.17, 15) is 5.21 Å². The molecule has 0 fully saturated rings. The molecule has 0 saturated heterocycles. The van der Waals surface area contributed by atoms with Gasteiger partial charge < -0.3 is 5.21 Å². The molecule has 2 aromatic rings. The second-order valence-corrected chi connectivity index (χ2v) is 2.03. The van der Waals surface area contributed by atoms with E-state index in [1.165, 1.54) is 18.6 Å². The van der Waals surface area contributed by atoms with Gasteiger partial charge in [0, 0.05) is 5.10 Å². The smallest absolute Gasteiger partial charge is 0.273 e. The maximum Gasteiger partial charge on any atom is 0.273 e. The second-order valence-electron chi connectivity index (χ2n) is 2.03. The largest absolute Gasteiger partial charge is 0.594 e. The lowest BCUT2D eigenvalue weighted by Crippen LogP contribution is -2.31. The van der Waals surface area contributed by atoms with Crippen molar-refractivity contribution in [1.82, 2.24) is 15.3 Å². The van der Waals surface area contributed by atoms with Gasteiger partial charge in [-0.15, -0.1) is 0 Å². The molecule has 2 rings (SSSR count). The van der Waals surface area contributed by atoms with Crippen molar-refractivity contribution in [2.75, 3.05) is 0 Å². The molecule has 0 aliphatic heterocycles. The van der Waals surface area contributed by atoms with Crippen LogP contribution in [0.2, 0.25) is 0 Å². The van der Waals surface area contributed by atoms with Crippen molar-refractivity contribution >= 4 is 10.9 Å². The summed E-state index contributed by atoms with van der Waals surface area (Å²) >= 11 is 0. The lowest BCUT2D eigenvalue weighted by atomic mass is 10.3. The Hall–Kier alpha value is -1.78. The Balaban J connectivity index is 2.91. The zero-order valence-corrected chi connectivity index (χ0v) is 5.51. The fraction of sp³-hybridized carbons (Fsp3) is 0. The van der Waals surface area contributed by atoms with Gasteiger partial charge in [0.15, 0.2) is 0 Å². The van der Waals surface area contributed by atoms with Crippen molar-refractivity contribution in [2.24, 2.45) is 0 Å². The van der Waals surface area contributed by atoms with E-state index in [4.69, 9.17) is 0 Å². The molecule has 0 unspecified atom stereocenters. The highest BCUT2D eigenvalue weighted by atomic mass is 16.5. The van der Waals surface area contributed by atoms with Crippen LogP contribution in [0.3, 0.4) is 0 Å². The van der Waals surface area contributed by atoms with Crippen molar-refractivity contribution in [3.63, 3.8) is 0 Å².